The fourth-order valence-electron chi connectivity index (χ4n) is 0.852. The zero-order chi connectivity index (χ0) is 12.4. The molecule has 0 aromatic heterocycles. The van der Waals surface area contributed by atoms with Crippen molar-refractivity contribution >= 4 is 7.82 Å². The Bertz CT molecular complexity index is 215. The maximum absolute atomic E-state index is 11.7. The molecule has 0 rings (SSSR count). The van der Waals surface area contributed by atoms with Crippen molar-refractivity contribution in [3.8, 4) is 0 Å². The lowest BCUT2D eigenvalue weighted by atomic mass is 10.4. The summed E-state index contributed by atoms with van der Waals surface area (Å²) in [6, 6.07) is 0. The molecule has 0 aromatic carbocycles. The topological polar surface area (TPSA) is 89.2 Å². The third kappa shape index (κ3) is 6.55. The minimum absolute atomic E-state index is 0.0556. The molecule has 0 spiro atoms. The van der Waals surface area contributed by atoms with Crippen molar-refractivity contribution in [2.75, 3.05) is 47.7 Å². The molecule has 16 heavy (non-hydrogen) atoms. The van der Waals surface area contributed by atoms with E-state index in [4.69, 9.17) is 24.3 Å². The second-order valence-corrected chi connectivity index (χ2v) is 4.64. The summed E-state index contributed by atoms with van der Waals surface area (Å²) in [5, 5.41) is 0. The minimum atomic E-state index is -3.52. The zero-order valence-electron chi connectivity index (χ0n) is 9.88. The summed E-state index contributed by atoms with van der Waals surface area (Å²) in [5.41, 5.74) is 5.22. The van der Waals surface area contributed by atoms with Gasteiger partial charge >= 0.3 is 7.82 Å². The quantitative estimate of drug-likeness (QED) is 0.566. The first-order chi connectivity index (χ1) is 7.61. The lowest BCUT2D eigenvalue weighted by molar-refractivity contribution is -0.00939. The van der Waals surface area contributed by atoms with E-state index in [-0.39, 0.29) is 25.9 Å². The van der Waals surface area contributed by atoms with Gasteiger partial charge in [-0.1, -0.05) is 0 Å². The molecule has 0 saturated heterocycles. The van der Waals surface area contributed by atoms with Crippen molar-refractivity contribution < 1.29 is 27.6 Å². The number of hydrogen-bond acceptors (Lipinski definition) is 7. The number of phosphoric acid groups is 1. The second kappa shape index (κ2) is 9.07. The standard InChI is InChI=1S/C8H20NO6P/c1-11-6-8(12-2)7-15-16(10,13-3)14-5-4-9/h8H,4-7,9H2,1-3H3. The van der Waals surface area contributed by atoms with Crippen LogP contribution in [0.4, 0.5) is 0 Å². The molecule has 98 valence electrons. The van der Waals surface area contributed by atoms with Gasteiger partial charge in [-0.2, -0.15) is 0 Å². The van der Waals surface area contributed by atoms with Crippen LogP contribution in [0.1, 0.15) is 0 Å². The Morgan fingerprint density at radius 2 is 1.88 bits per heavy atom. The van der Waals surface area contributed by atoms with Crippen LogP contribution in [0.3, 0.4) is 0 Å². The SMILES string of the molecule is COCC(COP(=O)(OC)OCCN)OC. The van der Waals surface area contributed by atoms with Crippen molar-refractivity contribution in [3.63, 3.8) is 0 Å². The molecule has 2 N–H and O–H groups in total. The van der Waals surface area contributed by atoms with Crippen LogP contribution in [-0.4, -0.2) is 53.8 Å². The van der Waals surface area contributed by atoms with Crippen LogP contribution in [0.25, 0.3) is 0 Å². The molecule has 0 bridgehead atoms. The Morgan fingerprint density at radius 1 is 1.19 bits per heavy atom. The van der Waals surface area contributed by atoms with E-state index in [9.17, 15) is 4.57 Å². The summed E-state index contributed by atoms with van der Waals surface area (Å²) in [5.74, 6) is 0. The summed E-state index contributed by atoms with van der Waals surface area (Å²) in [6.07, 6.45) is -0.324. The maximum atomic E-state index is 11.7. The number of methoxy groups -OCH3 is 2. The number of hydrogen-bond donors (Lipinski definition) is 1. The summed E-state index contributed by atoms with van der Waals surface area (Å²) in [4.78, 5) is 0. The highest BCUT2D eigenvalue weighted by atomic mass is 31.2. The van der Waals surface area contributed by atoms with Crippen LogP contribution >= 0.6 is 7.82 Å². The highest BCUT2D eigenvalue weighted by Gasteiger charge is 2.26. The van der Waals surface area contributed by atoms with Crippen molar-refractivity contribution in [1.82, 2.24) is 0 Å². The van der Waals surface area contributed by atoms with Gasteiger partial charge in [0.25, 0.3) is 0 Å². The normalized spacial score (nSPS) is 17.0. The fourth-order valence-corrected chi connectivity index (χ4v) is 1.81. The van der Waals surface area contributed by atoms with E-state index < -0.39 is 7.82 Å². The number of rotatable bonds is 10. The predicted octanol–water partition coefficient (Wildman–Crippen LogP) is 0.394. The average molecular weight is 257 g/mol. The van der Waals surface area contributed by atoms with Gasteiger partial charge in [-0.15, -0.1) is 0 Å². The first kappa shape index (κ1) is 16.0. The van der Waals surface area contributed by atoms with Gasteiger partial charge < -0.3 is 15.2 Å². The largest absolute Gasteiger partial charge is 0.474 e. The van der Waals surface area contributed by atoms with Crippen molar-refractivity contribution in [1.29, 1.82) is 0 Å². The third-order valence-electron chi connectivity index (χ3n) is 1.70. The van der Waals surface area contributed by atoms with E-state index in [1.807, 2.05) is 0 Å². The van der Waals surface area contributed by atoms with Crippen LogP contribution in [0.5, 0.6) is 0 Å². The molecular weight excluding hydrogens is 237 g/mol. The van der Waals surface area contributed by atoms with Gasteiger partial charge in [-0.25, -0.2) is 4.57 Å². The van der Waals surface area contributed by atoms with Gasteiger partial charge in [0.2, 0.25) is 0 Å². The van der Waals surface area contributed by atoms with E-state index in [1.54, 1.807) is 0 Å². The predicted molar refractivity (Wildman–Crippen MR) is 58.2 cm³/mol. The van der Waals surface area contributed by atoms with E-state index in [1.165, 1.54) is 21.3 Å². The minimum Gasteiger partial charge on any atom is -0.382 e. The molecule has 2 unspecified atom stereocenters. The van der Waals surface area contributed by atoms with Gasteiger partial charge in [0.15, 0.2) is 0 Å². The van der Waals surface area contributed by atoms with E-state index in [0.717, 1.165) is 0 Å². The summed E-state index contributed by atoms with van der Waals surface area (Å²) >= 11 is 0. The second-order valence-electron chi connectivity index (χ2n) is 2.86. The molecule has 0 saturated carbocycles. The van der Waals surface area contributed by atoms with Gasteiger partial charge in [-0.05, 0) is 0 Å². The average Bonchev–Trinajstić information content (AvgIpc) is 2.32. The van der Waals surface area contributed by atoms with E-state index in [0.29, 0.717) is 6.61 Å². The molecule has 0 aromatic rings. The molecule has 2 atom stereocenters. The Balaban J connectivity index is 4.05. The zero-order valence-corrected chi connectivity index (χ0v) is 10.8. The Labute approximate surface area is 95.8 Å². The smallest absolute Gasteiger partial charge is 0.382 e. The molecule has 0 radical (unpaired) electrons. The first-order valence-electron chi connectivity index (χ1n) is 4.78. The maximum Gasteiger partial charge on any atom is 0.474 e. The molecule has 0 heterocycles. The van der Waals surface area contributed by atoms with Crippen LogP contribution < -0.4 is 5.73 Å². The van der Waals surface area contributed by atoms with Gasteiger partial charge in [0, 0.05) is 27.9 Å². The molecule has 0 fully saturated rings. The van der Waals surface area contributed by atoms with E-state index >= 15 is 0 Å². The van der Waals surface area contributed by atoms with Crippen LogP contribution in [0.15, 0.2) is 0 Å². The third-order valence-corrected chi connectivity index (χ3v) is 3.11. The molecule has 0 aliphatic carbocycles. The van der Waals surface area contributed by atoms with Gasteiger partial charge in [0.1, 0.15) is 6.10 Å². The molecular formula is C8H20NO6P. The number of phosphoric ester groups is 1. The number of ether oxygens (including phenoxy) is 2. The Kier molecular flexibility index (Phi) is 9.06. The highest BCUT2D eigenvalue weighted by Crippen LogP contribution is 2.48. The molecule has 0 aliphatic heterocycles. The fraction of sp³-hybridized carbons (Fsp3) is 1.00. The van der Waals surface area contributed by atoms with E-state index in [2.05, 4.69) is 4.52 Å². The van der Waals surface area contributed by atoms with Gasteiger partial charge in [0.05, 0.1) is 19.8 Å². The molecule has 0 aliphatic rings. The molecule has 0 amide bonds. The van der Waals surface area contributed by atoms with Crippen molar-refractivity contribution in [2.24, 2.45) is 5.73 Å². The van der Waals surface area contributed by atoms with Crippen LogP contribution in [-0.2, 0) is 27.6 Å². The summed E-state index contributed by atoms with van der Waals surface area (Å²) < 4.78 is 36.3. The lowest BCUT2D eigenvalue weighted by Crippen LogP contribution is -2.23. The first-order valence-corrected chi connectivity index (χ1v) is 6.24. The Morgan fingerprint density at radius 3 is 2.31 bits per heavy atom. The van der Waals surface area contributed by atoms with Crippen molar-refractivity contribution in [2.45, 2.75) is 6.10 Å². The Hall–Kier alpha value is -0.0100. The van der Waals surface area contributed by atoms with Crippen LogP contribution in [0.2, 0.25) is 0 Å². The lowest BCUT2D eigenvalue weighted by Gasteiger charge is -2.19. The van der Waals surface area contributed by atoms with Crippen LogP contribution in [0, 0.1) is 0 Å². The molecule has 7 nitrogen and oxygen atoms in total. The summed E-state index contributed by atoms with van der Waals surface area (Å²) in [7, 11) is 0.762. The number of nitrogens with two attached hydrogens (primary N) is 1. The monoisotopic (exact) mass is 257 g/mol. The van der Waals surface area contributed by atoms with Crippen molar-refractivity contribution in [3.05, 3.63) is 0 Å². The van der Waals surface area contributed by atoms with Gasteiger partial charge in [-0.3, -0.25) is 13.6 Å². The molecule has 8 heteroatoms. The summed E-state index contributed by atoms with van der Waals surface area (Å²) in [6.45, 7) is 0.729. The highest BCUT2D eigenvalue weighted by molar-refractivity contribution is 7.48.